The molecule has 160 valence electrons. The number of methoxy groups -OCH3 is 1. The van der Waals surface area contributed by atoms with Crippen molar-refractivity contribution in [3.63, 3.8) is 0 Å². The molecule has 1 fully saturated rings. The van der Waals surface area contributed by atoms with Crippen molar-refractivity contribution in [2.24, 2.45) is 0 Å². The summed E-state index contributed by atoms with van der Waals surface area (Å²) in [5, 5.41) is 4.08. The van der Waals surface area contributed by atoms with E-state index in [-0.39, 0.29) is 5.91 Å². The van der Waals surface area contributed by atoms with Crippen molar-refractivity contribution < 1.29 is 18.8 Å². The van der Waals surface area contributed by atoms with Gasteiger partial charge in [0, 0.05) is 25.2 Å². The van der Waals surface area contributed by atoms with E-state index < -0.39 is 6.10 Å². The van der Waals surface area contributed by atoms with Crippen LogP contribution in [0.3, 0.4) is 0 Å². The molecule has 3 aromatic rings. The van der Waals surface area contributed by atoms with Gasteiger partial charge in [0.2, 0.25) is 11.7 Å². The fourth-order valence-electron chi connectivity index (χ4n) is 4.08. The Morgan fingerprint density at radius 2 is 1.97 bits per heavy atom. The zero-order valence-electron chi connectivity index (χ0n) is 17.4. The number of morpholine rings is 1. The number of hydrogen-bond acceptors (Lipinski definition) is 7. The molecule has 1 amide bonds. The summed E-state index contributed by atoms with van der Waals surface area (Å²) in [6.07, 6.45) is -0.430. The van der Waals surface area contributed by atoms with Crippen LogP contribution in [0, 0.1) is 0 Å². The standard InChI is InChI=1S/C23H24N4O4/c1-29-19-8-4-7-16(11-19)22-24-23(31-25-22)20-14-27(9-10-30-20)21(28)15-26-12-17-5-2-3-6-18(17)13-26/h2-8,11,20H,9-10,12-15H2,1H3. The summed E-state index contributed by atoms with van der Waals surface area (Å²) in [6.45, 7) is 3.41. The molecule has 0 radical (unpaired) electrons. The van der Waals surface area contributed by atoms with Crippen molar-refractivity contribution >= 4 is 5.91 Å². The van der Waals surface area contributed by atoms with E-state index >= 15 is 0 Å². The molecule has 1 saturated heterocycles. The lowest BCUT2D eigenvalue weighted by molar-refractivity contribution is -0.141. The molecule has 1 unspecified atom stereocenters. The minimum atomic E-state index is -0.430. The number of rotatable bonds is 5. The quantitative estimate of drug-likeness (QED) is 0.628. The summed E-state index contributed by atoms with van der Waals surface area (Å²) >= 11 is 0. The summed E-state index contributed by atoms with van der Waals surface area (Å²) in [6, 6.07) is 15.8. The number of aromatic nitrogens is 2. The van der Waals surface area contributed by atoms with Crippen LogP contribution in [0.25, 0.3) is 11.4 Å². The molecule has 31 heavy (non-hydrogen) atoms. The molecule has 8 heteroatoms. The first-order valence-corrected chi connectivity index (χ1v) is 10.4. The van der Waals surface area contributed by atoms with Crippen LogP contribution in [0.1, 0.15) is 23.1 Å². The monoisotopic (exact) mass is 420 g/mol. The number of ether oxygens (including phenoxy) is 2. The van der Waals surface area contributed by atoms with Gasteiger partial charge in [-0.3, -0.25) is 9.69 Å². The fraction of sp³-hybridized carbons (Fsp3) is 0.348. The number of hydrogen-bond donors (Lipinski definition) is 0. The Morgan fingerprint density at radius 3 is 2.74 bits per heavy atom. The van der Waals surface area contributed by atoms with E-state index in [9.17, 15) is 4.79 Å². The first-order chi connectivity index (χ1) is 15.2. The number of benzene rings is 2. The molecule has 2 aliphatic rings. The van der Waals surface area contributed by atoms with Gasteiger partial charge in [-0.25, -0.2) is 0 Å². The second kappa shape index (κ2) is 8.49. The minimum absolute atomic E-state index is 0.0913. The van der Waals surface area contributed by atoms with Gasteiger partial charge in [-0.05, 0) is 23.3 Å². The highest BCUT2D eigenvalue weighted by molar-refractivity contribution is 5.78. The third-order valence-corrected chi connectivity index (χ3v) is 5.73. The van der Waals surface area contributed by atoms with E-state index in [0.717, 1.165) is 24.4 Å². The Labute approximate surface area is 180 Å². The molecule has 1 aromatic heterocycles. The SMILES string of the molecule is COc1cccc(-c2noc(C3CN(C(=O)CN4Cc5ccccc5C4)CCO3)n2)c1. The predicted molar refractivity (Wildman–Crippen MR) is 112 cm³/mol. The van der Waals surface area contributed by atoms with Crippen LogP contribution in [0.15, 0.2) is 53.1 Å². The normalized spacial score (nSPS) is 18.7. The van der Waals surface area contributed by atoms with Gasteiger partial charge in [-0.1, -0.05) is 41.6 Å². The number of fused-ring (bicyclic) bond motifs is 1. The number of amides is 1. The summed E-state index contributed by atoms with van der Waals surface area (Å²) in [7, 11) is 1.61. The third kappa shape index (κ3) is 4.17. The first kappa shape index (κ1) is 19.7. The van der Waals surface area contributed by atoms with Gasteiger partial charge >= 0.3 is 0 Å². The molecule has 2 aliphatic heterocycles. The lowest BCUT2D eigenvalue weighted by atomic mass is 10.1. The Balaban J connectivity index is 1.22. The molecule has 0 bridgehead atoms. The molecule has 0 aliphatic carbocycles. The largest absolute Gasteiger partial charge is 0.497 e. The van der Waals surface area contributed by atoms with Crippen molar-refractivity contribution in [3.8, 4) is 17.1 Å². The van der Waals surface area contributed by atoms with E-state index in [0.29, 0.717) is 38.0 Å². The molecule has 5 rings (SSSR count). The molecular formula is C23H24N4O4. The van der Waals surface area contributed by atoms with Crippen LogP contribution in [-0.4, -0.2) is 59.2 Å². The molecule has 0 saturated carbocycles. The van der Waals surface area contributed by atoms with Crippen molar-refractivity contribution in [1.29, 1.82) is 0 Å². The van der Waals surface area contributed by atoms with Crippen LogP contribution in [0.5, 0.6) is 5.75 Å². The first-order valence-electron chi connectivity index (χ1n) is 10.4. The second-order valence-corrected chi connectivity index (χ2v) is 7.80. The summed E-state index contributed by atoms with van der Waals surface area (Å²) in [5.41, 5.74) is 3.39. The van der Waals surface area contributed by atoms with E-state index in [1.807, 2.05) is 41.3 Å². The number of carbonyl (C=O) groups excluding carboxylic acids is 1. The van der Waals surface area contributed by atoms with Gasteiger partial charge in [0.05, 0.1) is 26.8 Å². The molecule has 1 atom stereocenters. The second-order valence-electron chi connectivity index (χ2n) is 7.80. The molecule has 2 aromatic carbocycles. The maximum Gasteiger partial charge on any atom is 0.257 e. The van der Waals surface area contributed by atoms with Gasteiger partial charge in [0.25, 0.3) is 5.89 Å². The van der Waals surface area contributed by atoms with Gasteiger partial charge in [-0.15, -0.1) is 0 Å². The van der Waals surface area contributed by atoms with Crippen LogP contribution < -0.4 is 4.74 Å². The smallest absolute Gasteiger partial charge is 0.257 e. The maximum absolute atomic E-state index is 12.9. The van der Waals surface area contributed by atoms with Crippen molar-refractivity contribution in [2.75, 3.05) is 33.4 Å². The third-order valence-electron chi connectivity index (χ3n) is 5.73. The Kier molecular flexibility index (Phi) is 5.40. The Morgan fingerprint density at radius 1 is 1.16 bits per heavy atom. The number of nitrogens with zero attached hydrogens (tertiary/aromatic N) is 4. The Bertz CT molecular complexity index is 1060. The lowest BCUT2D eigenvalue weighted by Crippen LogP contribution is -2.46. The highest BCUT2D eigenvalue weighted by Gasteiger charge is 2.31. The topological polar surface area (TPSA) is 80.9 Å². The van der Waals surface area contributed by atoms with Crippen molar-refractivity contribution in [1.82, 2.24) is 19.9 Å². The van der Waals surface area contributed by atoms with Crippen molar-refractivity contribution in [3.05, 3.63) is 65.5 Å². The molecule has 3 heterocycles. The van der Waals surface area contributed by atoms with Gasteiger partial charge < -0.3 is 18.9 Å². The maximum atomic E-state index is 12.9. The van der Waals surface area contributed by atoms with Gasteiger partial charge in [0.15, 0.2) is 6.10 Å². The fourth-order valence-corrected chi connectivity index (χ4v) is 4.08. The van der Waals surface area contributed by atoms with Crippen LogP contribution in [-0.2, 0) is 22.6 Å². The summed E-state index contributed by atoms with van der Waals surface area (Å²) < 4.78 is 16.5. The van der Waals surface area contributed by atoms with Crippen molar-refractivity contribution in [2.45, 2.75) is 19.2 Å². The van der Waals surface area contributed by atoms with Gasteiger partial charge in [0.1, 0.15) is 5.75 Å². The minimum Gasteiger partial charge on any atom is -0.497 e. The zero-order chi connectivity index (χ0) is 21.2. The van der Waals surface area contributed by atoms with Crippen LogP contribution in [0.2, 0.25) is 0 Å². The van der Waals surface area contributed by atoms with Crippen LogP contribution >= 0.6 is 0 Å². The molecule has 0 spiro atoms. The summed E-state index contributed by atoms with van der Waals surface area (Å²) in [5.74, 6) is 1.66. The Hall–Kier alpha value is -3.23. The predicted octanol–water partition coefficient (Wildman–Crippen LogP) is 2.66. The van der Waals surface area contributed by atoms with E-state index in [4.69, 9.17) is 14.0 Å². The van der Waals surface area contributed by atoms with Gasteiger partial charge in [-0.2, -0.15) is 4.98 Å². The highest BCUT2D eigenvalue weighted by Crippen LogP contribution is 2.27. The number of carbonyl (C=O) groups is 1. The average molecular weight is 420 g/mol. The average Bonchev–Trinajstić information content (AvgIpc) is 3.46. The zero-order valence-corrected chi connectivity index (χ0v) is 17.4. The van der Waals surface area contributed by atoms with E-state index in [2.05, 4.69) is 27.2 Å². The highest BCUT2D eigenvalue weighted by atomic mass is 16.5. The molecule has 0 N–H and O–H groups in total. The molecular weight excluding hydrogens is 396 g/mol. The van der Waals surface area contributed by atoms with E-state index in [1.54, 1.807) is 7.11 Å². The van der Waals surface area contributed by atoms with Crippen LogP contribution in [0.4, 0.5) is 0 Å². The lowest BCUT2D eigenvalue weighted by Gasteiger charge is -2.32. The molecule has 8 nitrogen and oxygen atoms in total. The van der Waals surface area contributed by atoms with E-state index in [1.165, 1.54) is 11.1 Å². The summed E-state index contributed by atoms with van der Waals surface area (Å²) in [4.78, 5) is 21.4.